The number of cyclic esters (lactones) is 1. The van der Waals surface area contributed by atoms with Crippen molar-refractivity contribution in [3.63, 3.8) is 0 Å². The third kappa shape index (κ3) is 6.57. The zero-order valence-electron chi connectivity index (χ0n) is 19.2. The lowest BCUT2D eigenvalue weighted by atomic mass is 9.99. The second-order valence-corrected chi connectivity index (χ2v) is 8.70. The molecule has 11 heteroatoms. The minimum atomic E-state index is -1.88. The van der Waals surface area contributed by atoms with Gasteiger partial charge in [-0.05, 0) is 44.2 Å². The summed E-state index contributed by atoms with van der Waals surface area (Å²) in [6, 6.07) is 2.43. The molecule has 3 rings (SSSR count). The van der Waals surface area contributed by atoms with Gasteiger partial charge in [-0.3, -0.25) is 4.79 Å². The molecule has 1 aromatic rings. The van der Waals surface area contributed by atoms with E-state index in [-0.39, 0.29) is 22.7 Å². The fraction of sp³-hybridized carbons (Fsp3) is 0.542. The summed E-state index contributed by atoms with van der Waals surface area (Å²) in [5, 5.41) is 49.8. The van der Waals surface area contributed by atoms with Crippen LogP contribution in [0.25, 0.3) is 6.08 Å². The van der Waals surface area contributed by atoms with Gasteiger partial charge in [-0.2, -0.15) is 0 Å². The second kappa shape index (κ2) is 11.6. The molecular formula is C24H30O11. The lowest BCUT2D eigenvalue weighted by Crippen LogP contribution is -2.61. The Morgan fingerprint density at radius 3 is 2.49 bits per heavy atom. The lowest BCUT2D eigenvalue weighted by Gasteiger charge is -2.38. The van der Waals surface area contributed by atoms with E-state index in [9.17, 15) is 39.9 Å². The van der Waals surface area contributed by atoms with Crippen molar-refractivity contribution in [3.8, 4) is 11.5 Å². The minimum Gasteiger partial charge on any atom is -0.507 e. The molecule has 0 spiro atoms. The van der Waals surface area contributed by atoms with Gasteiger partial charge in [0.25, 0.3) is 0 Å². The van der Waals surface area contributed by atoms with Gasteiger partial charge in [0.2, 0.25) is 6.29 Å². The first-order chi connectivity index (χ1) is 16.6. The fourth-order valence-electron chi connectivity index (χ4n) is 3.97. The third-order valence-corrected chi connectivity index (χ3v) is 5.89. The number of aliphatic hydroxyl groups is 3. The summed E-state index contributed by atoms with van der Waals surface area (Å²) in [7, 11) is 0. The van der Waals surface area contributed by atoms with Gasteiger partial charge in [-0.25, -0.2) is 9.59 Å². The quantitative estimate of drug-likeness (QED) is 0.380. The fourth-order valence-corrected chi connectivity index (χ4v) is 3.97. The first-order valence-electron chi connectivity index (χ1n) is 11.4. The minimum absolute atomic E-state index is 0.0974. The number of phenols is 1. The predicted octanol–water partition coefficient (Wildman–Crippen LogP) is 1.14. The van der Waals surface area contributed by atoms with Crippen molar-refractivity contribution in [2.75, 3.05) is 0 Å². The molecule has 0 aromatic heterocycles. The molecule has 1 saturated heterocycles. The number of fused-ring (bicyclic) bond motifs is 1. The molecule has 2 aliphatic heterocycles. The predicted molar refractivity (Wildman–Crippen MR) is 120 cm³/mol. The number of carboxylic acids is 1. The van der Waals surface area contributed by atoms with Crippen LogP contribution in [0.3, 0.4) is 0 Å². The van der Waals surface area contributed by atoms with Crippen LogP contribution in [-0.4, -0.2) is 80.1 Å². The molecule has 11 nitrogen and oxygen atoms in total. The van der Waals surface area contributed by atoms with Crippen molar-refractivity contribution in [2.24, 2.45) is 0 Å². The van der Waals surface area contributed by atoms with E-state index in [2.05, 4.69) is 0 Å². The molecule has 1 aromatic carbocycles. The number of hydrogen-bond acceptors (Lipinski definition) is 10. The van der Waals surface area contributed by atoms with Crippen molar-refractivity contribution in [1.29, 1.82) is 0 Å². The summed E-state index contributed by atoms with van der Waals surface area (Å²) >= 11 is 0. The summed E-state index contributed by atoms with van der Waals surface area (Å²) < 4.78 is 16.0. The van der Waals surface area contributed by atoms with Crippen molar-refractivity contribution < 1.29 is 54.1 Å². The normalized spacial score (nSPS) is 31.5. The largest absolute Gasteiger partial charge is 0.507 e. The summed E-state index contributed by atoms with van der Waals surface area (Å²) in [5.74, 6) is -2.78. The van der Waals surface area contributed by atoms with E-state index >= 15 is 0 Å². The van der Waals surface area contributed by atoms with Gasteiger partial charge >= 0.3 is 11.9 Å². The van der Waals surface area contributed by atoms with Crippen LogP contribution in [0.5, 0.6) is 11.5 Å². The van der Waals surface area contributed by atoms with Crippen LogP contribution in [0.1, 0.15) is 61.4 Å². The number of allylic oxidation sites excluding steroid dienone is 1. The molecule has 192 valence electrons. The number of aliphatic hydroxyl groups excluding tert-OH is 3. The molecular weight excluding hydrogens is 464 g/mol. The molecule has 1 fully saturated rings. The molecule has 0 unspecified atom stereocenters. The van der Waals surface area contributed by atoms with Crippen LogP contribution >= 0.6 is 0 Å². The Morgan fingerprint density at radius 2 is 1.77 bits per heavy atom. The zero-order chi connectivity index (χ0) is 25.7. The van der Waals surface area contributed by atoms with E-state index in [1.807, 2.05) is 0 Å². The van der Waals surface area contributed by atoms with E-state index < -0.39 is 54.5 Å². The van der Waals surface area contributed by atoms with Gasteiger partial charge in [0, 0.05) is 18.9 Å². The molecule has 5 N–H and O–H groups in total. The number of hydrogen-bond donors (Lipinski definition) is 5. The zero-order valence-corrected chi connectivity index (χ0v) is 19.2. The molecule has 2 heterocycles. The third-order valence-electron chi connectivity index (χ3n) is 5.89. The number of ether oxygens (including phenoxy) is 3. The van der Waals surface area contributed by atoms with Crippen LogP contribution in [0.4, 0.5) is 0 Å². The Morgan fingerprint density at radius 1 is 1.06 bits per heavy atom. The van der Waals surface area contributed by atoms with E-state index in [0.29, 0.717) is 38.5 Å². The Hall–Kier alpha value is -2.99. The Labute approximate surface area is 201 Å². The smallest absolute Gasteiger partial charge is 0.342 e. The number of phenolic OH excluding ortho intramolecular Hbond substituents is 1. The highest BCUT2D eigenvalue weighted by Crippen LogP contribution is 2.33. The van der Waals surface area contributed by atoms with E-state index in [4.69, 9.17) is 14.2 Å². The maximum Gasteiger partial charge on any atom is 0.342 e. The van der Waals surface area contributed by atoms with E-state index in [0.717, 1.165) is 6.07 Å². The van der Waals surface area contributed by atoms with Crippen molar-refractivity contribution >= 4 is 23.8 Å². The average molecular weight is 494 g/mol. The first-order valence-corrected chi connectivity index (χ1v) is 11.4. The topological polar surface area (TPSA) is 180 Å². The molecule has 0 aliphatic carbocycles. The molecule has 35 heavy (non-hydrogen) atoms. The van der Waals surface area contributed by atoms with Crippen LogP contribution in [0.2, 0.25) is 0 Å². The van der Waals surface area contributed by atoms with Gasteiger partial charge in [-0.1, -0.05) is 12.2 Å². The van der Waals surface area contributed by atoms with E-state index in [1.54, 1.807) is 19.1 Å². The molecule has 2 aliphatic rings. The Balaban J connectivity index is 1.90. The molecule has 0 radical (unpaired) electrons. The average Bonchev–Trinajstić information content (AvgIpc) is 2.78. The van der Waals surface area contributed by atoms with Gasteiger partial charge in [0.15, 0.2) is 6.10 Å². The van der Waals surface area contributed by atoms with E-state index in [1.165, 1.54) is 6.07 Å². The molecule has 0 amide bonds. The number of benzene rings is 1. The standard InChI is InChI=1S/C24H30O11/c1-12-6-5-9-14(25)8-4-2-3-7-13-10-15(11-16(26)17(13)23(32)33-12)34-24-20(29)18(27)19(28)21(35-24)22(30)31/h3,7,10-12,18-21,24,26-29H,2,4-6,8-9H2,1H3,(H,30,31)/b7-3+/t12-,18-,19-,20-,21-,24+/m0/s1. The van der Waals surface area contributed by atoms with Crippen molar-refractivity contribution in [1.82, 2.24) is 0 Å². The number of aliphatic carboxylic acids is 1. The van der Waals surface area contributed by atoms with Gasteiger partial charge in [0.1, 0.15) is 41.2 Å². The number of ketones is 1. The van der Waals surface area contributed by atoms with Gasteiger partial charge in [-0.15, -0.1) is 0 Å². The number of Topliss-reactive ketones (excluding diaryl/α,β-unsaturated/α-hetero) is 1. The lowest BCUT2D eigenvalue weighted by molar-refractivity contribution is -0.271. The van der Waals surface area contributed by atoms with Crippen LogP contribution < -0.4 is 4.74 Å². The van der Waals surface area contributed by atoms with Gasteiger partial charge < -0.3 is 39.7 Å². The SMILES string of the molecule is C[C@H]1CCCC(=O)CCC/C=C/c2cc(O[C@@H]3O[C@H](C(=O)O)[C@@H](O)[C@H](O)[C@@H]3O)cc(O)c2C(=O)O1. The molecule has 0 saturated carbocycles. The molecule has 0 bridgehead atoms. The summed E-state index contributed by atoms with van der Waals surface area (Å²) in [4.78, 5) is 36.1. The number of carboxylic acid groups (broad SMARTS) is 1. The number of carbonyl (C=O) groups excluding carboxylic acids is 2. The summed E-state index contributed by atoms with van der Waals surface area (Å²) in [6.45, 7) is 1.69. The number of aromatic hydroxyl groups is 1. The van der Waals surface area contributed by atoms with Crippen LogP contribution in [-0.2, 0) is 19.1 Å². The maximum atomic E-state index is 12.8. The van der Waals surface area contributed by atoms with Crippen LogP contribution in [0.15, 0.2) is 18.2 Å². The van der Waals surface area contributed by atoms with Crippen molar-refractivity contribution in [3.05, 3.63) is 29.3 Å². The highest BCUT2D eigenvalue weighted by atomic mass is 16.7. The monoisotopic (exact) mass is 494 g/mol. The molecule has 6 atom stereocenters. The number of esters is 1. The first kappa shape index (κ1) is 26.6. The highest BCUT2D eigenvalue weighted by Gasteiger charge is 2.48. The summed E-state index contributed by atoms with van der Waals surface area (Å²) in [6.07, 6.45) is -3.23. The number of rotatable bonds is 3. The number of carbonyl (C=O) groups is 3. The Bertz CT molecular complexity index is 972. The Kier molecular flexibility index (Phi) is 8.84. The van der Waals surface area contributed by atoms with Gasteiger partial charge in [0.05, 0.1) is 6.10 Å². The maximum absolute atomic E-state index is 12.8. The highest BCUT2D eigenvalue weighted by molar-refractivity contribution is 5.97. The van der Waals surface area contributed by atoms with Crippen LogP contribution in [0, 0.1) is 0 Å². The van der Waals surface area contributed by atoms with Crippen molar-refractivity contribution in [2.45, 2.75) is 82.3 Å². The second-order valence-electron chi connectivity index (χ2n) is 8.70. The summed E-state index contributed by atoms with van der Waals surface area (Å²) in [5.41, 5.74) is 0.110.